The monoisotopic (exact) mass is 227 g/mol. The molecule has 1 aromatic carbocycles. The number of nitrogens with zero attached hydrogens (tertiary/aromatic N) is 1. The SMILES string of the molecule is O=S(=O)(O)OCn1ccc2ccccc21. The summed E-state index contributed by atoms with van der Waals surface area (Å²) in [6.45, 7) is -0.230. The summed E-state index contributed by atoms with van der Waals surface area (Å²) in [5, 5.41) is 0.983. The number of hydrogen-bond donors (Lipinski definition) is 1. The summed E-state index contributed by atoms with van der Waals surface area (Å²) in [5.74, 6) is 0. The summed E-state index contributed by atoms with van der Waals surface area (Å²) in [6, 6.07) is 9.30. The molecule has 0 bridgehead atoms. The smallest absolute Gasteiger partial charge is 0.322 e. The second-order valence-corrected chi connectivity index (χ2v) is 4.11. The maximum atomic E-state index is 10.4. The molecule has 6 heteroatoms. The molecule has 0 spiro atoms. The average Bonchev–Trinajstić information content (AvgIpc) is 2.57. The van der Waals surface area contributed by atoms with Crippen LogP contribution < -0.4 is 0 Å². The topological polar surface area (TPSA) is 68.5 Å². The lowest BCUT2D eigenvalue weighted by molar-refractivity contribution is 0.213. The zero-order valence-corrected chi connectivity index (χ0v) is 8.52. The van der Waals surface area contributed by atoms with Crippen LogP contribution in [0.15, 0.2) is 36.5 Å². The Labute approximate surface area is 86.8 Å². The van der Waals surface area contributed by atoms with Crippen molar-refractivity contribution in [2.75, 3.05) is 0 Å². The van der Waals surface area contributed by atoms with Crippen LogP contribution in [0.5, 0.6) is 0 Å². The Bertz CT molecular complexity index is 573. The van der Waals surface area contributed by atoms with Crippen LogP contribution in [0.1, 0.15) is 0 Å². The first-order chi connectivity index (χ1) is 7.06. The van der Waals surface area contributed by atoms with Crippen molar-refractivity contribution in [2.45, 2.75) is 6.73 Å². The predicted octanol–water partition coefficient (Wildman–Crippen LogP) is 1.42. The van der Waals surface area contributed by atoms with Crippen LogP contribution in [-0.2, 0) is 21.3 Å². The molecule has 2 aromatic rings. The molecular weight excluding hydrogens is 218 g/mol. The highest BCUT2D eigenvalue weighted by molar-refractivity contribution is 7.80. The van der Waals surface area contributed by atoms with Crippen molar-refractivity contribution in [1.82, 2.24) is 4.57 Å². The number of para-hydroxylation sites is 1. The standard InChI is InChI=1S/C9H9NO4S/c11-15(12,13)14-7-10-6-5-8-3-1-2-4-9(8)10/h1-6H,7H2,(H,11,12,13). The summed E-state index contributed by atoms with van der Waals surface area (Å²) in [6.07, 6.45) is 1.69. The van der Waals surface area contributed by atoms with Crippen molar-refractivity contribution in [1.29, 1.82) is 0 Å². The molecule has 80 valence electrons. The van der Waals surface area contributed by atoms with Crippen LogP contribution in [0, 0.1) is 0 Å². The quantitative estimate of drug-likeness (QED) is 0.805. The maximum absolute atomic E-state index is 10.4. The van der Waals surface area contributed by atoms with Crippen LogP contribution in [0.25, 0.3) is 10.9 Å². The molecule has 15 heavy (non-hydrogen) atoms. The van der Waals surface area contributed by atoms with Gasteiger partial charge < -0.3 is 4.57 Å². The number of aromatic nitrogens is 1. The van der Waals surface area contributed by atoms with Crippen LogP contribution in [0.4, 0.5) is 0 Å². The van der Waals surface area contributed by atoms with Gasteiger partial charge in [0.1, 0.15) is 6.73 Å². The molecule has 0 amide bonds. The van der Waals surface area contributed by atoms with E-state index < -0.39 is 10.4 Å². The fourth-order valence-electron chi connectivity index (χ4n) is 1.38. The highest BCUT2D eigenvalue weighted by Gasteiger charge is 2.06. The normalized spacial score (nSPS) is 12.1. The van der Waals surface area contributed by atoms with Crippen LogP contribution in [0.3, 0.4) is 0 Å². The van der Waals surface area contributed by atoms with Crippen LogP contribution >= 0.6 is 0 Å². The van der Waals surface area contributed by atoms with Gasteiger partial charge in [0.05, 0.1) is 5.52 Å². The van der Waals surface area contributed by atoms with Crippen molar-refractivity contribution in [3.8, 4) is 0 Å². The van der Waals surface area contributed by atoms with Gasteiger partial charge in [0, 0.05) is 6.20 Å². The van der Waals surface area contributed by atoms with Gasteiger partial charge in [-0.1, -0.05) is 18.2 Å². The van der Waals surface area contributed by atoms with E-state index in [-0.39, 0.29) is 6.73 Å². The summed E-state index contributed by atoms with van der Waals surface area (Å²) >= 11 is 0. The fraction of sp³-hybridized carbons (Fsp3) is 0.111. The van der Waals surface area contributed by atoms with E-state index in [0.717, 1.165) is 10.9 Å². The molecule has 1 aromatic heterocycles. The molecule has 1 N–H and O–H groups in total. The van der Waals surface area contributed by atoms with Crippen molar-refractivity contribution >= 4 is 21.3 Å². The van der Waals surface area contributed by atoms with Crippen molar-refractivity contribution in [3.63, 3.8) is 0 Å². The number of benzene rings is 1. The molecule has 0 fully saturated rings. The van der Waals surface area contributed by atoms with Gasteiger partial charge in [-0.25, -0.2) is 4.18 Å². The summed E-state index contributed by atoms with van der Waals surface area (Å²) in [5.41, 5.74) is 0.848. The number of rotatable bonds is 3. The Balaban J connectivity index is 2.29. The zero-order chi connectivity index (χ0) is 10.9. The zero-order valence-electron chi connectivity index (χ0n) is 7.70. The molecule has 0 saturated carbocycles. The fourth-order valence-corrected chi connectivity index (χ4v) is 1.62. The van der Waals surface area contributed by atoms with E-state index in [1.165, 1.54) is 0 Å². The third kappa shape index (κ3) is 2.35. The second-order valence-electron chi connectivity index (χ2n) is 3.02. The minimum absolute atomic E-state index is 0.230. The van der Waals surface area contributed by atoms with Gasteiger partial charge in [0.2, 0.25) is 0 Å². The molecule has 2 rings (SSSR count). The molecule has 5 nitrogen and oxygen atoms in total. The minimum atomic E-state index is -4.39. The second kappa shape index (κ2) is 3.65. The van der Waals surface area contributed by atoms with E-state index in [2.05, 4.69) is 4.18 Å². The molecule has 0 saturated heterocycles. The summed E-state index contributed by atoms with van der Waals surface area (Å²) in [7, 11) is -4.39. The first kappa shape index (κ1) is 10.2. The summed E-state index contributed by atoms with van der Waals surface area (Å²) in [4.78, 5) is 0. The molecule has 0 aliphatic rings. The van der Waals surface area contributed by atoms with Gasteiger partial charge in [-0.15, -0.1) is 0 Å². The Morgan fingerprint density at radius 2 is 2.00 bits per heavy atom. The largest absolute Gasteiger partial charge is 0.399 e. The van der Waals surface area contributed by atoms with Crippen LogP contribution in [0.2, 0.25) is 0 Å². The highest BCUT2D eigenvalue weighted by Crippen LogP contribution is 2.15. The summed E-state index contributed by atoms with van der Waals surface area (Å²) < 4.78 is 35.0. The van der Waals surface area contributed by atoms with E-state index >= 15 is 0 Å². The first-order valence-electron chi connectivity index (χ1n) is 4.22. The number of hydrogen-bond acceptors (Lipinski definition) is 3. The van der Waals surface area contributed by atoms with Gasteiger partial charge in [0.15, 0.2) is 0 Å². The maximum Gasteiger partial charge on any atom is 0.399 e. The van der Waals surface area contributed by atoms with E-state index in [0.29, 0.717) is 0 Å². The van der Waals surface area contributed by atoms with Gasteiger partial charge in [-0.05, 0) is 17.5 Å². The Morgan fingerprint density at radius 3 is 2.73 bits per heavy atom. The first-order valence-corrected chi connectivity index (χ1v) is 5.58. The number of fused-ring (bicyclic) bond motifs is 1. The van der Waals surface area contributed by atoms with E-state index in [1.807, 2.05) is 30.3 Å². The average molecular weight is 227 g/mol. The van der Waals surface area contributed by atoms with Crippen molar-refractivity contribution in [2.24, 2.45) is 0 Å². The lowest BCUT2D eigenvalue weighted by Crippen LogP contribution is -2.07. The van der Waals surface area contributed by atoms with Crippen molar-refractivity contribution < 1.29 is 17.2 Å². The van der Waals surface area contributed by atoms with E-state index in [1.54, 1.807) is 10.8 Å². The molecular formula is C9H9NO4S. The lowest BCUT2D eigenvalue weighted by Gasteiger charge is -2.03. The molecule has 0 unspecified atom stereocenters. The predicted molar refractivity (Wildman–Crippen MR) is 54.6 cm³/mol. The van der Waals surface area contributed by atoms with Gasteiger partial charge in [-0.3, -0.25) is 4.55 Å². The minimum Gasteiger partial charge on any atom is -0.322 e. The molecule has 0 aliphatic carbocycles. The highest BCUT2D eigenvalue weighted by atomic mass is 32.3. The van der Waals surface area contributed by atoms with Crippen LogP contribution in [-0.4, -0.2) is 17.5 Å². The van der Waals surface area contributed by atoms with Gasteiger partial charge >= 0.3 is 10.4 Å². The van der Waals surface area contributed by atoms with Gasteiger partial charge in [-0.2, -0.15) is 8.42 Å². The Kier molecular flexibility index (Phi) is 2.47. The third-order valence-corrected chi connectivity index (χ3v) is 2.42. The van der Waals surface area contributed by atoms with Gasteiger partial charge in [0.25, 0.3) is 0 Å². The lowest BCUT2D eigenvalue weighted by atomic mass is 10.2. The van der Waals surface area contributed by atoms with E-state index in [9.17, 15) is 8.42 Å². The van der Waals surface area contributed by atoms with Crippen molar-refractivity contribution in [3.05, 3.63) is 36.5 Å². The van der Waals surface area contributed by atoms with E-state index in [4.69, 9.17) is 4.55 Å². The molecule has 1 heterocycles. The molecule has 0 radical (unpaired) electrons. The Morgan fingerprint density at radius 1 is 1.27 bits per heavy atom. The molecule has 0 atom stereocenters. The Hall–Kier alpha value is -1.37. The molecule has 0 aliphatic heterocycles. The third-order valence-electron chi connectivity index (χ3n) is 2.02.